The first-order chi connectivity index (χ1) is 18.2. The lowest BCUT2D eigenvalue weighted by atomic mass is 10.1. The number of nitriles is 2. The summed E-state index contributed by atoms with van der Waals surface area (Å²) in [6.45, 7) is 0. The van der Waals surface area contributed by atoms with Crippen molar-refractivity contribution in [3.63, 3.8) is 0 Å². The van der Waals surface area contributed by atoms with Gasteiger partial charge >= 0.3 is 0 Å². The number of benzene rings is 5. The molecule has 2 aromatic heterocycles. The van der Waals surface area contributed by atoms with Gasteiger partial charge in [-0.2, -0.15) is 10.5 Å². The lowest BCUT2D eigenvalue weighted by molar-refractivity contribution is 0.619. The summed E-state index contributed by atoms with van der Waals surface area (Å²) in [6.07, 6.45) is 0. The van der Waals surface area contributed by atoms with Crippen LogP contribution in [0.1, 0.15) is 11.1 Å². The fourth-order valence-electron chi connectivity index (χ4n) is 5.56. The largest absolute Gasteiger partial charge is 0.309 e. The fraction of sp³-hybridized carbons (Fsp3) is 0. The highest BCUT2D eigenvalue weighted by Crippen LogP contribution is 2.42. The summed E-state index contributed by atoms with van der Waals surface area (Å²) >= 11 is 0. The van der Waals surface area contributed by atoms with Gasteiger partial charge in [-0.15, -0.1) is 0 Å². The summed E-state index contributed by atoms with van der Waals surface area (Å²) in [5.41, 5.74) is 5.01. The average Bonchev–Trinajstić information content (AvgIpc) is 3.46. The molecule has 0 spiro atoms. The molecule has 0 unspecified atom stereocenters. The molecule has 0 aliphatic carbocycles. The van der Waals surface area contributed by atoms with E-state index in [0.717, 1.165) is 49.3 Å². The summed E-state index contributed by atoms with van der Waals surface area (Å²) in [5, 5.41) is 23.5. The highest BCUT2D eigenvalue weighted by Gasteiger charge is 2.23. The second-order valence-electron chi connectivity index (χ2n) is 8.94. The molecular formula is C32H17FN4. The third-order valence-electron chi connectivity index (χ3n) is 7.08. The minimum absolute atomic E-state index is 0.146. The zero-order valence-corrected chi connectivity index (χ0v) is 19.5. The fourth-order valence-corrected chi connectivity index (χ4v) is 5.56. The van der Waals surface area contributed by atoms with Crippen molar-refractivity contribution in [3.05, 3.63) is 120 Å². The van der Waals surface area contributed by atoms with Gasteiger partial charge in [-0.25, -0.2) is 4.39 Å². The Morgan fingerprint density at radius 2 is 1.24 bits per heavy atom. The smallest absolute Gasteiger partial charge is 0.160 e. The van der Waals surface area contributed by atoms with Gasteiger partial charge in [0.05, 0.1) is 33.3 Å². The predicted molar refractivity (Wildman–Crippen MR) is 145 cm³/mol. The van der Waals surface area contributed by atoms with Gasteiger partial charge in [-0.05, 0) is 42.5 Å². The molecule has 5 aromatic carbocycles. The Bertz CT molecular complexity index is 2120. The zero-order chi connectivity index (χ0) is 25.1. The van der Waals surface area contributed by atoms with E-state index in [9.17, 15) is 10.5 Å². The molecule has 0 saturated carbocycles. The quantitative estimate of drug-likeness (QED) is 0.256. The van der Waals surface area contributed by atoms with Crippen molar-refractivity contribution in [3.8, 4) is 23.5 Å². The van der Waals surface area contributed by atoms with Crippen LogP contribution in [0.4, 0.5) is 4.39 Å². The van der Waals surface area contributed by atoms with Crippen molar-refractivity contribution in [2.45, 2.75) is 0 Å². The Morgan fingerprint density at radius 3 is 1.97 bits per heavy atom. The van der Waals surface area contributed by atoms with Gasteiger partial charge in [0.25, 0.3) is 0 Å². The Hall–Kier alpha value is -5.39. The van der Waals surface area contributed by atoms with E-state index < -0.39 is 5.82 Å². The molecular weight excluding hydrogens is 459 g/mol. The molecule has 7 rings (SSSR count). The minimum Gasteiger partial charge on any atom is -0.309 e. The third-order valence-corrected chi connectivity index (χ3v) is 7.08. The van der Waals surface area contributed by atoms with Crippen LogP contribution in [0.15, 0.2) is 103 Å². The number of halogens is 1. The van der Waals surface area contributed by atoms with Crippen LogP contribution >= 0.6 is 0 Å². The molecule has 0 N–H and O–H groups in total. The summed E-state index contributed by atoms with van der Waals surface area (Å²) in [4.78, 5) is 0. The summed E-state index contributed by atoms with van der Waals surface area (Å²) in [5.74, 6) is -0.798. The number of fused-ring (bicyclic) bond motifs is 7. The standard InChI is InChI=1S/C32H17FN4/c33-31-20(18-34)14-16-28(25(31)19-35)37-27-13-7-5-11-24(27)30-29(37)17-15-23-22-10-4-6-12-26(22)36(32(23)30)21-8-2-1-3-9-21/h1-17H. The molecule has 0 amide bonds. The van der Waals surface area contributed by atoms with E-state index in [1.807, 2.05) is 71.3 Å². The first kappa shape index (κ1) is 20.9. The Kier molecular flexibility index (Phi) is 4.42. The molecule has 172 valence electrons. The van der Waals surface area contributed by atoms with Crippen molar-refractivity contribution >= 4 is 43.6 Å². The molecule has 4 nitrogen and oxygen atoms in total. The zero-order valence-electron chi connectivity index (χ0n) is 19.5. The number of rotatable bonds is 2. The lowest BCUT2D eigenvalue weighted by Crippen LogP contribution is -2.02. The molecule has 37 heavy (non-hydrogen) atoms. The summed E-state index contributed by atoms with van der Waals surface area (Å²) in [7, 11) is 0. The normalized spacial score (nSPS) is 11.3. The van der Waals surface area contributed by atoms with E-state index in [2.05, 4.69) is 41.0 Å². The Balaban J connectivity index is 1.74. The maximum atomic E-state index is 15.1. The van der Waals surface area contributed by atoms with E-state index in [1.54, 1.807) is 6.07 Å². The van der Waals surface area contributed by atoms with Crippen LogP contribution in [0.25, 0.3) is 55.0 Å². The van der Waals surface area contributed by atoms with Crippen molar-refractivity contribution in [1.29, 1.82) is 10.5 Å². The highest BCUT2D eigenvalue weighted by molar-refractivity contribution is 6.26. The van der Waals surface area contributed by atoms with Gasteiger partial charge in [0.1, 0.15) is 17.7 Å². The molecule has 0 aliphatic heterocycles. The Labute approximate surface area is 211 Å². The molecule has 0 atom stereocenters. The molecule has 0 bridgehead atoms. The van der Waals surface area contributed by atoms with E-state index >= 15 is 4.39 Å². The first-order valence-corrected chi connectivity index (χ1v) is 11.9. The van der Waals surface area contributed by atoms with E-state index in [1.165, 1.54) is 6.07 Å². The average molecular weight is 477 g/mol. The van der Waals surface area contributed by atoms with Crippen LogP contribution in [0, 0.1) is 28.5 Å². The number of para-hydroxylation sites is 3. The second-order valence-corrected chi connectivity index (χ2v) is 8.94. The molecule has 0 radical (unpaired) electrons. The second kappa shape index (κ2) is 7.81. The van der Waals surface area contributed by atoms with Gasteiger partial charge in [0.15, 0.2) is 5.82 Å². The van der Waals surface area contributed by atoms with Crippen molar-refractivity contribution in [1.82, 2.24) is 9.13 Å². The maximum Gasteiger partial charge on any atom is 0.160 e. The minimum atomic E-state index is -0.798. The van der Waals surface area contributed by atoms with Gasteiger partial charge < -0.3 is 9.13 Å². The molecule has 0 saturated heterocycles. The SMILES string of the molecule is N#Cc1ccc(-n2c3ccccc3c3c2ccc2c4ccccc4n(-c4ccccc4)c23)c(C#N)c1F. The van der Waals surface area contributed by atoms with E-state index in [0.29, 0.717) is 5.69 Å². The third kappa shape index (κ3) is 2.80. The number of aromatic nitrogens is 2. The van der Waals surface area contributed by atoms with Crippen LogP contribution in [0.3, 0.4) is 0 Å². The van der Waals surface area contributed by atoms with Gasteiger partial charge in [0.2, 0.25) is 0 Å². The molecule has 0 aliphatic rings. The molecule has 7 aromatic rings. The Morgan fingerprint density at radius 1 is 0.568 bits per heavy atom. The predicted octanol–water partition coefficient (Wildman–Crippen LogP) is 7.76. The van der Waals surface area contributed by atoms with Crippen molar-refractivity contribution in [2.75, 3.05) is 0 Å². The van der Waals surface area contributed by atoms with Crippen LogP contribution in [-0.4, -0.2) is 9.13 Å². The maximum absolute atomic E-state index is 15.1. The van der Waals surface area contributed by atoms with E-state index in [4.69, 9.17) is 0 Å². The highest BCUT2D eigenvalue weighted by atomic mass is 19.1. The molecule has 2 heterocycles. The summed E-state index contributed by atoms with van der Waals surface area (Å²) in [6, 6.07) is 37.6. The monoisotopic (exact) mass is 476 g/mol. The van der Waals surface area contributed by atoms with Crippen molar-refractivity contribution in [2.24, 2.45) is 0 Å². The number of nitrogens with zero attached hydrogens (tertiary/aromatic N) is 4. The van der Waals surface area contributed by atoms with Gasteiger partial charge in [0, 0.05) is 27.2 Å². The number of hydrogen-bond donors (Lipinski definition) is 0. The van der Waals surface area contributed by atoms with E-state index in [-0.39, 0.29) is 11.1 Å². The van der Waals surface area contributed by atoms with Crippen LogP contribution in [-0.2, 0) is 0 Å². The summed E-state index contributed by atoms with van der Waals surface area (Å²) < 4.78 is 19.3. The van der Waals surface area contributed by atoms with Gasteiger partial charge in [-0.1, -0.05) is 60.7 Å². The number of hydrogen-bond acceptors (Lipinski definition) is 2. The molecule has 5 heteroatoms. The van der Waals surface area contributed by atoms with Crippen molar-refractivity contribution < 1.29 is 4.39 Å². The van der Waals surface area contributed by atoms with Crippen LogP contribution in [0.2, 0.25) is 0 Å². The first-order valence-electron chi connectivity index (χ1n) is 11.9. The van der Waals surface area contributed by atoms with Gasteiger partial charge in [-0.3, -0.25) is 0 Å². The van der Waals surface area contributed by atoms with Crippen LogP contribution in [0.5, 0.6) is 0 Å². The topological polar surface area (TPSA) is 57.4 Å². The van der Waals surface area contributed by atoms with Crippen LogP contribution < -0.4 is 0 Å². The lowest BCUT2D eigenvalue weighted by Gasteiger charge is -2.12. The molecule has 0 fully saturated rings.